The van der Waals surface area contributed by atoms with E-state index >= 15 is 0 Å². The first kappa shape index (κ1) is 15.5. The largest absolute Gasteiger partial charge is 0.394 e. The first-order chi connectivity index (χ1) is 7.82. The topological polar surface area (TPSA) is 107 Å². The predicted octanol–water partition coefficient (Wildman–Crippen LogP) is 0.520. The van der Waals surface area contributed by atoms with Gasteiger partial charge in [0.2, 0.25) is 6.54 Å². The number of rotatable bonds is 3. The van der Waals surface area contributed by atoms with Crippen LogP contribution in [0.5, 0.6) is 0 Å². The van der Waals surface area contributed by atoms with Crippen LogP contribution >= 0.6 is 0 Å². The lowest BCUT2D eigenvalue weighted by Crippen LogP contribution is -2.32. The third-order valence-electron chi connectivity index (χ3n) is 2.32. The molecule has 1 rings (SSSR count). The van der Waals surface area contributed by atoms with Gasteiger partial charge in [0.1, 0.15) is 6.10 Å². The minimum Gasteiger partial charge on any atom is -0.394 e. The quantitative estimate of drug-likeness (QED) is 0.337. The summed E-state index contributed by atoms with van der Waals surface area (Å²) in [6, 6.07) is 0. The minimum atomic E-state index is -0.705. The summed E-state index contributed by atoms with van der Waals surface area (Å²) in [7, 11) is 0. The molecule has 0 aromatic carbocycles. The summed E-state index contributed by atoms with van der Waals surface area (Å²) < 4.78 is 3.97. The molecule has 17 heavy (non-hydrogen) atoms. The maximum Gasteiger partial charge on any atom is 0.310 e. The Balaban J connectivity index is 0.000000325. The van der Waals surface area contributed by atoms with E-state index < -0.39 is 23.0 Å². The Morgan fingerprint density at radius 2 is 1.88 bits per heavy atom. The Hall–Kier alpha value is -1.50. The molecule has 1 unspecified atom stereocenters. The van der Waals surface area contributed by atoms with Crippen LogP contribution < -0.4 is 0 Å². The molecule has 0 spiro atoms. The summed E-state index contributed by atoms with van der Waals surface area (Å²) in [4.78, 5) is 29.1. The molecule has 98 valence electrons. The van der Waals surface area contributed by atoms with Crippen molar-refractivity contribution < 1.29 is 24.4 Å². The predicted molar refractivity (Wildman–Crippen MR) is 57.7 cm³/mol. The van der Waals surface area contributed by atoms with Gasteiger partial charge >= 0.3 is 11.9 Å². The van der Waals surface area contributed by atoms with Crippen LogP contribution in [0.4, 0.5) is 0 Å². The number of hydrogen-bond donors (Lipinski definition) is 1. The lowest BCUT2D eigenvalue weighted by molar-refractivity contribution is -0.493. The molecule has 1 N–H and O–H groups in total. The number of hydrogen-bond acceptors (Lipinski definition) is 6. The van der Waals surface area contributed by atoms with E-state index in [9.17, 15) is 19.7 Å². The van der Waals surface area contributed by atoms with Gasteiger partial charge in [-0.15, -0.1) is 0 Å². The number of esters is 2. The second kappa shape index (κ2) is 7.72. The van der Waals surface area contributed by atoms with Crippen molar-refractivity contribution in [1.29, 1.82) is 0 Å². The summed E-state index contributed by atoms with van der Waals surface area (Å²) in [5.41, 5.74) is 0. The summed E-state index contributed by atoms with van der Waals surface area (Å²) in [5.74, 6) is -0.926. The molecule has 1 fully saturated rings. The van der Waals surface area contributed by atoms with Crippen molar-refractivity contribution >= 4 is 11.9 Å². The van der Waals surface area contributed by atoms with E-state index in [0.29, 0.717) is 0 Å². The highest BCUT2D eigenvalue weighted by atomic mass is 16.6. The van der Waals surface area contributed by atoms with Gasteiger partial charge < -0.3 is 9.84 Å². The summed E-state index contributed by atoms with van der Waals surface area (Å²) in [6.07, 6.45) is 2.31. The summed E-state index contributed by atoms with van der Waals surface area (Å²) >= 11 is 0. The molecular weight excluding hydrogens is 230 g/mol. The van der Waals surface area contributed by atoms with Crippen LogP contribution in [0.1, 0.15) is 33.1 Å². The molecule has 0 heterocycles. The van der Waals surface area contributed by atoms with Gasteiger partial charge in [-0.2, -0.15) is 0 Å². The molecular formula is C10H17NO6. The number of carbonyl (C=O) groups is 2. The van der Waals surface area contributed by atoms with Gasteiger partial charge in [-0.3, -0.25) is 19.7 Å². The average molecular weight is 247 g/mol. The van der Waals surface area contributed by atoms with Crippen LogP contribution in [-0.4, -0.2) is 34.6 Å². The first-order valence-corrected chi connectivity index (χ1v) is 5.31. The van der Waals surface area contributed by atoms with Crippen molar-refractivity contribution in [1.82, 2.24) is 0 Å². The van der Waals surface area contributed by atoms with Crippen LogP contribution in [0.2, 0.25) is 0 Å². The smallest absolute Gasteiger partial charge is 0.310 e. The van der Waals surface area contributed by atoms with Crippen LogP contribution in [0, 0.1) is 16.0 Å². The molecule has 0 amide bonds. The second-order valence-electron chi connectivity index (χ2n) is 3.86. The van der Waals surface area contributed by atoms with E-state index in [1.807, 2.05) is 0 Å². The van der Waals surface area contributed by atoms with Crippen molar-refractivity contribution in [2.75, 3.05) is 6.54 Å². The number of nitrogens with zero attached hydrogens (tertiary/aromatic N) is 1. The lowest BCUT2D eigenvalue weighted by atomic mass is 9.81. The van der Waals surface area contributed by atoms with Crippen LogP contribution in [-0.2, 0) is 14.3 Å². The van der Waals surface area contributed by atoms with Crippen LogP contribution in [0.15, 0.2) is 0 Å². The molecule has 1 aliphatic carbocycles. The molecule has 0 saturated heterocycles. The zero-order chi connectivity index (χ0) is 13.4. The van der Waals surface area contributed by atoms with Crippen LogP contribution in [0.3, 0.4) is 0 Å². The van der Waals surface area contributed by atoms with E-state index in [4.69, 9.17) is 5.11 Å². The molecule has 7 heteroatoms. The summed E-state index contributed by atoms with van der Waals surface area (Å²) in [6.45, 7) is 2.08. The Morgan fingerprint density at radius 3 is 2.06 bits per heavy atom. The molecule has 0 aromatic heterocycles. The highest BCUT2D eigenvalue weighted by molar-refractivity contribution is 5.82. The fourth-order valence-corrected chi connectivity index (χ4v) is 1.33. The van der Waals surface area contributed by atoms with Crippen molar-refractivity contribution in [2.45, 2.75) is 39.2 Å². The van der Waals surface area contributed by atoms with E-state index in [2.05, 4.69) is 4.74 Å². The zero-order valence-corrected chi connectivity index (χ0v) is 9.92. The van der Waals surface area contributed by atoms with Gasteiger partial charge in [-0.25, -0.2) is 0 Å². The van der Waals surface area contributed by atoms with Gasteiger partial charge in [0.25, 0.3) is 0 Å². The number of nitro groups is 1. The molecule has 1 atom stereocenters. The van der Waals surface area contributed by atoms with Gasteiger partial charge in [-0.05, 0) is 18.8 Å². The Bertz CT molecular complexity index is 275. The van der Waals surface area contributed by atoms with E-state index in [1.54, 1.807) is 0 Å². The Morgan fingerprint density at radius 1 is 1.41 bits per heavy atom. The fraction of sp³-hybridized carbons (Fsp3) is 0.800. The van der Waals surface area contributed by atoms with Crippen molar-refractivity contribution in [3.63, 3.8) is 0 Å². The fourth-order valence-electron chi connectivity index (χ4n) is 1.33. The maximum absolute atomic E-state index is 9.90. The third kappa shape index (κ3) is 8.32. The molecule has 0 aromatic rings. The Kier molecular flexibility index (Phi) is 7.04. The van der Waals surface area contributed by atoms with Crippen molar-refractivity contribution in [3.05, 3.63) is 10.1 Å². The zero-order valence-electron chi connectivity index (χ0n) is 9.92. The number of aliphatic hydroxyl groups is 1. The molecule has 0 aliphatic heterocycles. The highest BCUT2D eigenvalue weighted by Crippen LogP contribution is 2.29. The molecule has 0 radical (unpaired) electrons. The second-order valence-corrected chi connectivity index (χ2v) is 3.86. The van der Waals surface area contributed by atoms with Gasteiger partial charge in [0.15, 0.2) is 0 Å². The minimum absolute atomic E-state index is 0.199. The van der Waals surface area contributed by atoms with Crippen molar-refractivity contribution in [3.8, 4) is 0 Å². The lowest BCUT2D eigenvalue weighted by Gasteiger charge is -2.27. The van der Waals surface area contributed by atoms with E-state index in [0.717, 1.165) is 19.3 Å². The Labute approximate surface area is 98.9 Å². The van der Waals surface area contributed by atoms with Gasteiger partial charge in [-0.1, -0.05) is 6.42 Å². The van der Waals surface area contributed by atoms with Crippen LogP contribution in [0.25, 0.3) is 0 Å². The normalized spacial score (nSPS) is 15.9. The molecule has 0 bridgehead atoms. The number of carbonyl (C=O) groups excluding carboxylic acids is 2. The van der Waals surface area contributed by atoms with E-state index in [-0.39, 0.29) is 12.5 Å². The highest BCUT2D eigenvalue weighted by Gasteiger charge is 2.28. The standard InChI is InChI=1S/C6H11NO3.C4H6O3/c8-6(4-7(9)10)5-2-1-3-5;1-3(5)7-4(2)6/h5-6,8H,1-4H2;1-2H3. The summed E-state index contributed by atoms with van der Waals surface area (Å²) in [5, 5.41) is 19.0. The SMILES string of the molecule is CC(=O)OC(C)=O.O=[N+]([O-])CC(O)C1CCC1. The molecule has 1 aliphatic rings. The maximum atomic E-state index is 9.90. The monoisotopic (exact) mass is 247 g/mol. The van der Waals surface area contributed by atoms with Gasteiger partial charge in [0, 0.05) is 18.8 Å². The average Bonchev–Trinajstić information content (AvgIpc) is 1.95. The van der Waals surface area contributed by atoms with Crippen molar-refractivity contribution in [2.24, 2.45) is 5.92 Å². The third-order valence-corrected chi connectivity index (χ3v) is 2.32. The van der Waals surface area contributed by atoms with E-state index in [1.165, 1.54) is 13.8 Å². The number of aliphatic hydroxyl groups excluding tert-OH is 1. The first-order valence-electron chi connectivity index (χ1n) is 5.31. The number of ether oxygens (including phenoxy) is 1. The molecule has 1 saturated carbocycles. The van der Waals surface area contributed by atoms with Gasteiger partial charge in [0.05, 0.1) is 0 Å². The molecule has 7 nitrogen and oxygen atoms in total.